The van der Waals surface area contributed by atoms with Crippen molar-refractivity contribution in [2.45, 2.75) is 65.6 Å². The van der Waals surface area contributed by atoms with Crippen molar-refractivity contribution in [3.63, 3.8) is 0 Å². The normalized spacial score (nSPS) is 23.4. The molecule has 1 aromatic rings. The van der Waals surface area contributed by atoms with Gasteiger partial charge in [0.25, 0.3) is 0 Å². The molecule has 2 radical (unpaired) electrons. The smallest absolute Gasteiger partial charge is 0.0747 e. The Kier molecular flexibility index (Phi) is 4.51. The van der Waals surface area contributed by atoms with Gasteiger partial charge >= 0.3 is 0 Å². The van der Waals surface area contributed by atoms with Crippen LogP contribution in [0, 0.1) is 13.8 Å². The molecule has 1 nitrogen and oxygen atoms in total. The van der Waals surface area contributed by atoms with Gasteiger partial charge in [0.15, 0.2) is 0 Å². The number of nitrogens with zero attached hydrogens (tertiary/aromatic N) is 1. The third-order valence-corrected chi connectivity index (χ3v) is 4.00. The van der Waals surface area contributed by atoms with Gasteiger partial charge in [-0.2, -0.15) is 0 Å². The lowest BCUT2D eigenvalue weighted by Gasteiger charge is -2.23. The summed E-state index contributed by atoms with van der Waals surface area (Å²) in [6.07, 6.45) is 4.59. The van der Waals surface area contributed by atoms with Crippen LogP contribution in [-0.2, 0) is 19.9 Å². The first-order chi connectivity index (χ1) is 7.92. The average Bonchev–Trinajstić information content (AvgIpc) is 2.47. The van der Waals surface area contributed by atoms with Crippen LogP contribution in [0.25, 0.3) is 0 Å². The van der Waals surface area contributed by atoms with Gasteiger partial charge in [-0.1, -0.05) is 32.5 Å². The second kappa shape index (κ2) is 5.33. The van der Waals surface area contributed by atoms with Crippen molar-refractivity contribution in [3.8, 4) is 0 Å². The van der Waals surface area contributed by atoms with Gasteiger partial charge in [0, 0.05) is 18.4 Å². The van der Waals surface area contributed by atoms with E-state index < -0.39 is 0 Å². The number of aromatic nitrogens is 1. The Labute approximate surface area is 108 Å². The predicted octanol–water partition coefficient (Wildman–Crippen LogP) is 3.89. The van der Waals surface area contributed by atoms with Crippen molar-refractivity contribution in [1.29, 1.82) is 0 Å². The van der Waals surface area contributed by atoms with Crippen molar-refractivity contribution in [2.75, 3.05) is 0 Å². The average molecular weight is 231 g/mol. The van der Waals surface area contributed by atoms with Gasteiger partial charge < -0.3 is 4.57 Å². The van der Waals surface area contributed by atoms with Gasteiger partial charge in [-0.25, -0.2) is 0 Å². The molecule has 17 heavy (non-hydrogen) atoms. The summed E-state index contributed by atoms with van der Waals surface area (Å²) in [6, 6.07) is 0. The Morgan fingerprint density at radius 3 is 2.41 bits per heavy atom. The van der Waals surface area contributed by atoms with Crippen molar-refractivity contribution >= 4 is 7.85 Å². The van der Waals surface area contributed by atoms with Crippen LogP contribution in [0.4, 0.5) is 0 Å². The third kappa shape index (κ3) is 2.78. The van der Waals surface area contributed by atoms with Gasteiger partial charge in [-0.3, -0.25) is 0 Å². The van der Waals surface area contributed by atoms with E-state index in [1.807, 2.05) is 13.8 Å². The summed E-state index contributed by atoms with van der Waals surface area (Å²) < 4.78 is 2.33. The Morgan fingerprint density at radius 2 is 1.82 bits per heavy atom. The summed E-state index contributed by atoms with van der Waals surface area (Å²) in [5, 5.41) is -0.0176. The van der Waals surface area contributed by atoms with E-state index in [1.165, 1.54) is 29.8 Å². The highest BCUT2D eigenvalue weighted by atomic mass is 15.0. The van der Waals surface area contributed by atoms with E-state index >= 15 is 0 Å². The van der Waals surface area contributed by atoms with Crippen LogP contribution in [0.15, 0.2) is 0 Å². The first-order valence-corrected chi connectivity index (χ1v) is 6.85. The molecule has 1 atom stereocenters. The molecule has 0 saturated carbocycles. The van der Waals surface area contributed by atoms with Crippen molar-refractivity contribution < 1.29 is 0 Å². The van der Waals surface area contributed by atoms with Crippen molar-refractivity contribution in [3.05, 3.63) is 22.5 Å². The van der Waals surface area contributed by atoms with Crippen LogP contribution in [-0.4, -0.2) is 12.4 Å². The molecule has 0 bridgehead atoms. The van der Waals surface area contributed by atoms with Crippen LogP contribution < -0.4 is 0 Å². The second-order valence-corrected chi connectivity index (χ2v) is 5.38. The fourth-order valence-electron chi connectivity index (χ4n) is 2.79. The highest BCUT2D eigenvalue weighted by Crippen LogP contribution is 2.39. The standard InChI is InChI=1S/C13H20BN.C2H6/c1-9-10(2)15(4)12-8-13(3,14)7-5-6-11(9)12;1-2/h5-8H2,1-4H3;1-2H3. The highest BCUT2D eigenvalue weighted by Gasteiger charge is 2.26. The Morgan fingerprint density at radius 1 is 1.24 bits per heavy atom. The summed E-state index contributed by atoms with van der Waals surface area (Å²) in [5.41, 5.74) is 5.90. The minimum Gasteiger partial charge on any atom is -0.351 e. The van der Waals surface area contributed by atoms with E-state index in [2.05, 4.69) is 32.4 Å². The molecule has 0 aromatic carbocycles. The minimum atomic E-state index is -0.0176. The van der Waals surface area contributed by atoms with Crippen LogP contribution in [0.2, 0.25) is 5.31 Å². The van der Waals surface area contributed by atoms with E-state index in [0.717, 1.165) is 12.8 Å². The fourth-order valence-corrected chi connectivity index (χ4v) is 2.79. The van der Waals surface area contributed by atoms with Crippen LogP contribution in [0.3, 0.4) is 0 Å². The van der Waals surface area contributed by atoms with Crippen LogP contribution in [0.5, 0.6) is 0 Å². The van der Waals surface area contributed by atoms with E-state index in [4.69, 9.17) is 7.85 Å². The second-order valence-electron chi connectivity index (χ2n) is 5.38. The topological polar surface area (TPSA) is 4.93 Å². The molecule has 1 aliphatic carbocycles. The number of rotatable bonds is 0. The molecule has 1 unspecified atom stereocenters. The molecule has 1 aliphatic rings. The van der Waals surface area contributed by atoms with Crippen molar-refractivity contribution in [2.24, 2.45) is 7.05 Å². The summed E-state index contributed by atoms with van der Waals surface area (Å²) in [4.78, 5) is 0. The third-order valence-electron chi connectivity index (χ3n) is 4.00. The molecule has 94 valence electrons. The zero-order valence-electron chi connectivity index (χ0n) is 12.4. The van der Waals surface area contributed by atoms with Crippen LogP contribution >= 0.6 is 0 Å². The SMILES string of the molecule is CC.[B]C1(C)CCCc2c(C)c(C)n(C)c2C1. The fraction of sp³-hybridized carbons (Fsp3) is 0.733. The molecule has 0 amide bonds. The Hall–Kier alpha value is -0.655. The highest BCUT2D eigenvalue weighted by molar-refractivity contribution is 6.15. The first-order valence-electron chi connectivity index (χ1n) is 6.85. The summed E-state index contributed by atoms with van der Waals surface area (Å²) in [5.74, 6) is 0. The number of fused-ring (bicyclic) bond motifs is 1. The zero-order chi connectivity index (χ0) is 13.2. The van der Waals surface area contributed by atoms with E-state index in [1.54, 1.807) is 5.56 Å². The van der Waals surface area contributed by atoms with Gasteiger partial charge in [0.2, 0.25) is 0 Å². The molecule has 0 fully saturated rings. The summed E-state index contributed by atoms with van der Waals surface area (Å²) in [7, 11) is 8.48. The molecule has 1 aromatic heterocycles. The van der Waals surface area contributed by atoms with Crippen molar-refractivity contribution in [1.82, 2.24) is 4.57 Å². The quantitative estimate of drug-likeness (QED) is 0.471. The van der Waals surface area contributed by atoms with Gasteiger partial charge in [-0.05, 0) is 44.2 Å². The van der Waals surface area contributed by atoms with E-state index in [0.29, 0.717) is 0 Å². The lowest BCUT2D eigenvalue weighted by atomic mass is 9.65. The van der Waals surface area contributed by atoms with Gasteiger partial charge in [0.1, 0.15) is 0 Å². The molecule has 2 rings (SSSR count). The minimum absolute atomic E-state index is 0.0176. The summed E-state index contributed by atoms with van der Waals surface area (Å²) >= 11 is 0. The largest absolute Gasteiger partial charge is 0.351 e. The van der Waals surface area contributed by atoms with Gasteiger partial charge in [0.05, 0.1) is 7.85 Å². The molecule has 0 spiro atoms. The molecule has 1 heterocycles. The molecule has 0 aliphatic heterocycles. The zero-order valence-corrected chi connectivity index (χ0v) is 12.4. The van der Waals surface area contributed by atoms with Crippen LogP contribution in [0.1, 0.15) is 56.1 Å². The molecular weight excluding hydrogens is 205 g/mol. The first kappa shape index (κ1) is 14.4. The van der Waals surface area contributed by atoms with E-state index in [9.17, 15) is 0 Å². The Balaban J connectivity index is 0.000000686. The maximum atomic E-state index is 6.31. The summed E-state index contributed by atoms with van der Waals surface area (Å²) in [6.45, 7) is 10.6. The molecule has 2 heteroatoms. The maximum Gasteiger partial charge on any atom is 0.0747 e. The number of hydrogen-bond donors (Lipinski definition) is 0. The number of hydrogen-bond acceptors (Lipinski definition) is 0. The van der Waals surface area contributed by atoms with E-state index in [-0.39, 0.29) is 5.31 Å². The predicted molar refractivity (Wildman–Crippen MR) is 77.0 cm³/mol. The maximum absolute atomic E-state index is 6.31. The molecule has 0 N–H and O–H groups in total. The lowest BCUT2D eigenvalue weighted by Crippen LogP contribution is -2.13. The van der Waals surface area contributed by atoms with Gasteiger partial charge in [-0.15, -0.1) is 0 Å². The molecular formula is C15H26BN. The Bertz CT molecular complexity index is 388. The lowest BCUT2D eigenvalue weighted by molar-refractivity contribution is 0.538. The molecule has 0 saturated heterocycles. The monoisotopic (exact) mass is 231 g/mol.